The van der Waals surface area contributed by atoms with E-state index in [0.717, 1.165) is 31.6 Å². The quantitative estimate of drug-likeness (QED) is 0.651. The van der Waals surface area contributed by atoms with Gasteiger partial charge < -0.3 is 10.5 Å². The van der Waals surface area contributed by atoms with Crippen molar-refractivity contribution in [2.24, 2.45) is 5.73 Å². The summed E-state index contributed by atoms with van der Waals surface area (Å²) in [6, 6.07) is 17.0. The third kappa shape index (κ3) is 4.22. The molecule has 142 valence electrons. The largest absolute Gasteiger partial charge is 0.497 e. The second kappa shape index (κ2) is 8.87. The van der Waals surface area contributed by atoms with Gasteiger partial charge in [-0.2, -0.15) is 5.10 Å². The first-order chi connectivity index (χ1) is 13.2. The molecule has 0 saturated carbocycles. The van der Waals surface area contributed by atoms with Crippen molar-refractivity contribution in [3.05, 3.63) is 71.0 Å². The molecule has 1 heterocycles. The van der Waals surface area contributed by atoms with Gasteiger partial charge in [0.2, 0.25) is 0 Å². The molecular formula is C23H29N3O. The van der Waals surface area contributed by atoms with Gasteiger partial charge in [0.25, 0.3) is 0 Å². The third-order valence-electron chi connectivity index (χ3n) is 5.02. The summed E-state index contributed by atoms with van der Waals surface area (Å²) in [5.41, 5.74) is 13.4. The Hall–Kier alpha value is -2.59. The highest BCUT2D eigenvalue weighted by molar-refractivity contribution is 5.64. The molecule has 0 amide bonds. The van der Waals surface area contributed by atoms with Gasteiger partial charge in [0.15, 0.2) is 0 Å². The number of ether oxygens (including phenoxy) is 1. The van der Waals surface area contributed by atoms with Gasteiger partial charge in [-0.1, -0.05) is 50.2 Å². The highest BCUT2D eigenvalue weighted by Gasteiger charge is 2.15. The van der Waals surface area contributed by atoms with Gasteiger partial charge in [0.1, 0.15) is 5.75 Å². The average molecular weight is 364 g/mol. The highest BCUT2D eigenvalue weighted by Crippen LogP contribution is 2.25. The van der Waals surface area contributed by atoms with Gasteiger partial charge in [0.05, 0.1) is 19.3 Å². The zero-order valence-corrected chi connectivity index (χ0v) is 16.5. The molecule has 27 heavy (non-hydrogen) atoms. The second-order valence-corrected chi connectivity index (χ2v) is 6.69. The Kier molecular flexibility index (Phi) is 6.30. The molecule has 0 aliphatic carbocycles. The second-order valence-electron chi connectivity index (χ2n) is 6.69. The lowest BCUT2D eigenvalue weighted by molar-refractivity contribution is 0.415. The van der Waals surface area contributed by atoms with Crippen LogP contribution in [0.5, 0.6) is 5.75 Å². The van der Waals surface area contributed by atoms with Crippen molar-refractivity contribution in [1.29, 1.82) is 0 Å². The Morgan fingerprint density at radius 3 is 2.07 bits per heavy atom. The van der Waals surface area contributed by atoms with Crippen LogP contribution in [0.1, 0.15) is 36.4 Å². The van der Waals surface area contributed by atoms with E-state index >= 15 is 0 Å². The van der Waals surface area contributed by atoms with E-state index in [0.29, 0.717) is 6.54 Å². The lowest BCUT2D eigenvalue weighted by atomic mass is 9.98. The number of benzene rings is 2. The van der Waals surface area contributed by atoms with Gasteiger partial charge >= 0.3 is 0 Å². The van der Waals surface area contributed by atoms with Crippen LogP contribution in [-0.2, 0) is 25.8 Å². The number of hydrogen-bond acceptors (Lipinski definition) is 3. The maximum Gasteiger partial charge on any atom is 0.118 e. The molecule has 2 aromatic carbocycles. The number of aromatic nitrogens is 2. The van der Waals surface area contributed by atoms with Crippen LogP contribution in [0.2, 0.25) is 0 Å². The molecular weight excluding hydrogens is 334 g/mol. The molecule has 0 aliphatic rings. The maximum atomic E-state index is 5.76. The molecule has 3 rings (SSSR count). The number of nitrogens with two attached hydrogens (primary N) is 1. The van der Waals surface area contributed by atoms with Crippen LogP contribution in [-0.4, -0.2) is 23.4 Å². The van der Waals surface area contributed by atoms with Crippen LogP contribution < -0.4 is 10.5 Å². The minimum Gasteiger partial charge on any atom is -0.497 e. The molecule has 0 bridgehead atoms. The first-order valence-electron chi connectivity index (χ1n) is 9.71. The topological polar surface area (TPSA) is 53.1 Å². The Morgan fingerprint density at radius 2 is 1.56 bits per heavy atom. The third-order valence-corrected chi connectivity index (χ3v) is 5.02. The molecule has 0 spiro atoms. The van der Waals surface area contributed by atoms with E-state index in [-0.39, 0.29) is 0 Å². The van der Waals surface area contributed by atoms with Gasteiger partial charge in [-0.3, -0.25) is 4.68 Å². The number of nitrogens with zero attached hydrogens (tertiary/aromatic N) is 2. The van der Waals surface area contributed by atoms with Gasteiger partial charge in [0, 0.05) is 24.2 Å². The Balaban J connectivity index is 1.84. The average Bonchev–Trinajstić information content (AvgIpc) is 3.05. The van der Waals surface area contributed by atoms with Crippen LogP contribution >= 0.6 is 0 Å². The van der Waals surface area contributed by atoms with Gasteiger partial charge in [-0.25, -0.2) is 0 Å². The van der Waals surface area contributed by atoms with Crippen LogP contribution in [0.15, 0.2) is 48.5 Å². The highest BCUT2D eigenvalue weighted by atomic mass is 16.5. The van der Waals surface area contributed by atoms with Crippen LogP contribution in [0.3, 0.4) is 0 Å². The summed E-state index contributed by atoms with van der Waals surface area (Å²) < 4.78 is 7.33. The summed E-state index contributed by atoms with van der Waals surface area (Å²) >= 11 is 0. The predicted molar refractivity (Wildman–Crippen MR) is 111 cm³/mol. The van der Waals surface area contributed by atoms with Gasteiger partial charge in [-0.05, 0) is 41.7 Å². The fourth-order valence-electron chi connectivity index (χ4n) is 3.58. The minimum absolute atomic E-state index is 0.619. The number of aryl methyl sites for hydroxylation is 1. The summed E-state index contributed by atoms with van der Waals surface area (Å²) in [6.45, 7) is 5.77. The van der Waals surface area contributed by atoms with Gasteiger partial charge in [-0.15, -0.1) is 0 Å². The fourth-order valence-corrected chi connectivity index (χ4v) is 3.58. The summed E-state index contributed by atoms with van der Waals surface area (Å²) in [7, 11) is 1.69. The van der Waals surface area contributed by atoms with Crippen molar-refractivity contribution >= 4 is 0 Å². The van der Waals surface area contributed by atoms with Crippen molar-refractivity contribution in [2.45, 2.75) is 39.7 Å². The van der Waals surface area contributed by atoms with E-state index in [2.05, 4.69) is 54.9 Å². The summed E-state index contributed by atoms with van der Waals surface area (Å²) in [6.07, 6.45) is 2.84. The Labute approximate surface area is 162 Å². The van der Waals surface area contributed by atoms with E-state index in [9.17, 15) is 0 Å². The lowest BCUT2D eigenvalue weighted by Crippen LogP contribution is -2.13. The van der Waals surface area contributed by atoms with Crippen LogP contribution in [0.25, 0.3) is 11.1 Å². The minimum atomic E-state index is 0.619. The monoisotopic (exact) mass is 363 g/mol. The van der Waals surface area contributed by atoms with E-state index in [4.69, 9.17) is 15.6 Å². The zero-order chi connectivity index (χ0) is 19.2. The molecule has 4 heteroatoms. The smallest absolute Gasteiger partial charge is 0.118 e. The Bertz CT molecular complexity index is 864. The normalized spacial score (nSPS) is 11.0. The van der Waals surface area contributed by atoms with Crippen molar-refractivity contribution in [3.8, 4) is 16.9 Å². The number of hydrogen-bond donors (Lipinski definition) is 1. The van der Waals surface area contributed by atoms with Crippen molar-refractivity contribution in [1.82, 2.24) is 9.78 Å². The molecule has 4 nitrogen and oxygen atoms in total. The first kappa shape index (κ1) is 19.2. The molecule has 0 aliphatic heterocycles. The number of rotatable bonds is 8. The molecule has 0 fully saturated rings. The molecule has 0 saturated heterocycles. The summed E-state index contributed by atoms with van der Waals surface area (Å²) in [4.78, 5) is 0. The van der Waals surface area contributed by atoms with Crippen molar-refractivity contribution in [3.63, 3.8) is 0 Å². The molecule has 0 radical (unpaired) electrons. The summed E-state index contributed by atoms with van der Waals surface area (Å²) in [5, 5.41) is 4.79. The molecule has 0 atom stereocenters. The van der Waals surface area contributed by atoms with Crippen molar-refractivity contribution in [2.75, 3.05) is 13.7 Å². The molecule has 2 N–H and O–H groups in total. The van der Waals surface area contributed by atoms with E-state index in [1.54, 1.807) is 7.11 Å². The number of methoxy groups -OCH3 is 1. The Morgan fingerprint density at radius 1 is 0.926 bits per heavy atom. The van der Waals surface area contributed by atoms with Crippen molar-refractivity contribution < 1.29 is 4.74 Å². The SMILES string of the molecule is CCc1nn(CCN)c(CC)c1Cc1ccc(-c2ccc(OC)cc2)cc1. The van der Waals surface area contributed by atoms with E-state index < -0.39 is 0 Å². The predicted octanol–water partition coefficient (Wildman–Crippen LogP) is 4.23. The lowest BCUT2D eigenvalue weighted by Gasteiger charge is -2.09. The van der Waals surface area contributed by atoms with E-state index in [1.165, 1.54) is 33.6 Å². The van der Waals surface area contributed by atoms with Crippen LogP contribution in [0, 0.1) is 0 Å². The zero-order valence-electron chi connectivity index (χ0n) is 16.5. The fraction of sp³-hybridized carbons (Fsp3) is 0.348. The van der Waals surface area contributed by atoms with Crippen LogP contribution in [0.4, 0.5) is 0 Å². The first-order valence-corrected chi connectivity index (χ1v) is 9.71. The van der Waals surface area contributed by atoms with E-state index in [1.807, 2.05) is 12.1 Å². The maximum absolute atomic E-state index is 5.76. The molecule has 3 aromatic rings. The standard InChI is InChI=1S/C23H29N3O/c1-4-22-21(23(5-2)26(25-22)15-14-24)16-17-6-8-18(9-7-17)19-10-12-20(27-3)13-11-19/h6-13H,4-5,14-16,24H2,1-3H3. The molecule has 0 unspecified atom stereocenters. The molecule has 1 aromatic heterocycles. The summed E-state index contributed by atoms with van der Waals surface area (Å²) in [5.74, 6) is 0.879.